The number of alkyl halides is 1. The van der Waals surface area contributed by atoms with Gasteiger partial charge in [0.2, 0.25) is 15.9 Å². The Kier molecular flexibility index (Phi) is 6.30. The number of hydrogen-bond donors (Lipinski definition) is 2. The van der Waals surface area contributed by atoms with Gasteiger partial charge in [-0.1, -0.05) is 15.9 Å². The zero-order valence-corrected chi connectivity index (χ0v) is 10.6. The average molecular weight is 287 g/mol. The van der Waals surface area contributed by atoms with Crippen LogP contribution in [0.25, 0.3) is 0 Å². The largest absolute Gasteiger partial charge is 0.355 e. The van der Waals surface area contributed by atoms with Crippen molar-refractivity contribution in [3.8, 4) is 0 Å². The Bertz CT molecular complexity index is 277. The first-order chi connectivity index (χ1) is 6.33. The molecule has 0 aliphatic heterocycles. The summed E-state index contributed by atoms with van der Waals surface area (Å²) in [5.41, 5.74) is 0. The smallest absolute Gasteiger partial charge is 0.233 e. The molecule has 0 spiro atoms. The third-order valence-electron chi connectivity index (χ3n) is 1.38. The van der Waals surface area contributed by atoms with Gasteiger partial charge in [0.1, 0.15) is 0 Å². The van der Waals surface area contributed by atoms with Crippen LogP contribution < -0.4 is 10.0 Å². The normalized spacial score (nSPS) is 13.6. The van der Waals surface area contributed by atoms with E-state index in [1.165, 1.54) is 0 Å². The van der Waals surface area contributed by atoms with Gasteiger partial charge in [0.15, 0.2) is 0 Å². The highest BCUT2D eigenvalue weighted by Gasteiger charge is 2.06. The lowest BCUT2D eigenvalue weighted by Gasteiger charge is -2.06. The molecule has 1 amide bonds. The quantitative estimate of drug-likeness (QED) is 0.526. The first kappa shape index (κ1) is 13.9. The lowest BCUT2D eigenvalue weighted by Crippen LogP contribution is -2.32. The molecular weight excluding hydrogens is 272 g/mol. The van der Waals surface area contributed by atoms with E-state index in [0.717, 1.165) is 6.26 Å². The molecule has 0 radical (unpaired) electrons. The van der Waals surface area contributed by atoms with Gasteiger partial charge in [-0.3, -0.25) is 4.79 Å². The van der Waals surface area contributed by atoms with Gasteiger partial charge in [-0.15, -0.1) is 0 Å². The van der Waals surface area contributed by atoms with Crippen LogP contribution in [0.3, 0.4) is 0 Å². The molecule has 14 heavy (non-hydrogen) atoms. The molecular formula is C7H15BrN2O3S. The number of amides is 1. The lowest BCUT2D eigenvalue weighted by atomic mass is 10.4. The number of nitrogens with one attached hydrogen (secondary N) is 2. The zero-order valence-electron chi connectivity index (χ0n) is 8.21. The molecule has 1 unspecified atom stereocenters. The van der Waals surface area contributed by atoms with Crippen molar-refractivity contribution in [2.45, 2.75) is 18.2 Å². The van der Waals surface area contributed by atoms with E-state index in [-0.39, 0.29) is 10.7 Å². The van der Waals surface area contributed by atoms with E-state index in [2.05, 4.69) is 26.0 Å². The molecule has 0 aromatic heterocycles. The predicted octanol–water partition coefficient (Wildman–Crippen LogP) is -0.175. The minimum Gasteiger partial charge on any atom is -0.355 e. The van der Waals surface area contributed by atoms with Gasteiger partial charge in [0.25, 0.3) is 0 Å². The van der Waals surface area contributed by atoms with E-state index in [1.807, 2.05) is 0 Å². The summed E-state index contributed by atoms with van der Waals surface area (Å²) in [7, 11) is -3.11. The minimum atomic E-state index is -3.11. The highest BCUT2D eigenvalue weighted by Crippen LogP contribution is 1.95. The summed E-state index contributed by atoms with van der Waals surface area (Å²) in [6, 6.07) is 0. The lowest BCUT2D eigenvalue weighted by molar-refractivity contribution is -0.120. The first-order valence-electron chi connectivity index (χ1n) is 4.19. The topological polar surface area (TPSA) is 75.3 Å². The second kappa shape index (κ2) is 6.36. The Hall–Kier alpha value is -0.140. The van der Waals surface area contributed by atoms with Crippen molar-refractivity contribution in [1.82, 2.24) is 10.0 Å². The number of carbonyl (C=O) groups is 1. The van der Waals surface area contributed by atoms with Gasteiger partial charge in [0, 0.05) is 13.1 Å². The summed E-state index contributed by atoms with van der Waals surface area (Å²) >= 11 is 3.12. The number of hydrogen-bond acceptors (Lipinski definition) is 3. The molecule has 1 atom stereocenters. The van der Waals surface area contributed by atoms with Crippen molar-refractivity contribution in [2.75, 3.05) is 19.3 Å². The van der Waals surface area contributed by atoms with E-state index < -0.39 is 10.0 Å². The Morgan fingerprint density at radius 1 is 1.43 bits per heavy atom. The first-order valence-corrected chi connectivity index (χ1v) is 7.00. The van der Waals surface area contributed by atoms with Crippen LogP contribution in [0.4, 0.5) is 0 Å². The number of sulfonamides is 1. The van der Waals surface area contributed by atoms with Crippen LogP contribution in [0.5, 0.6) is 0 Å². The highest BCUT2D eigenvalue weighted by atomic mass is 79.9. The van der Waals surface area contributed by atoms with Crippen molar-refractivity contribution < 1.29 is 13.2 Å². The molecule has 0 aromatic rings. The molecule has 84 valence electrons. The maximum absolute atomic E-state index is 11.0. The van der Waals surface area contributed by atoms with Crippen LogP contribution in [0.2, 0.25) is 0 Å². The van der Waals surface area contributed by atoms with Crippen LogP contribution in [-0.4, -0.2) is 38.5 Å². The van der Waals surface area contributed by atoms with E-state index >= 15 is 0 Å². The summed E-state index contributed by atoms with van der Waals surface area (Å²) in [6.07, 6.45) is 1.69. The SMILES string of the molecule is CC(Br)C(=O)NCCCNS(C)(=O)=O. The fourth-order valence-corrected chi connectivity index (χ4v) is 1.38. The summed E-state index contributed by atoms with van der Waals surface area (Å²) in [5.74, 6) is -0.0932. The van der Waals surface area contributed by atoms with Crippen molar-refractivity contribution in [1.29, 1.82) is 0 Å². The Morgan fingerprint density at radius 2 is 2.00 bits per heavy atom. The molecule has 5 nitrogen and oxygen atoms in total. The van der Waals surface area contributed by atoms with Crippen molar-refractivity contribution >= 4 is 31.9 Å². The molecule has 0 saturated carbocycles. The Morgan fingerprint density at radius 3 is 2.43 bits per heavy atom. The number of rotatable bonds is 6. The van der Waals surface area contributed by atoms with Crippen molar-refractivity contribution in [3.05, 3.63) is 0 Å². The van der Waals surface area contributed by atoms with Crippen LogP contribution in [0.15, 0.2) is 0 Å². The van der Waals surface area contributed by atoms with Crippen LogP contribution in [-0.2, 0) is 14.8 Å². The average Bonchev–Trinajstić information content (AvgIpc) is 2.01. The maximum atomic E-state index is 11.0. The molecule has 2 N–H and O–H groups in total. The van der Waals surface area contributed by atoms with Crippen molar-refractivity contribution in [2.24, 2.45) is 0 Å². The van der Waals surface area contributed by atoms with Gasteiger partial charge in [0.05, 0.1) is 11.1 Å². The summed E-state index contributed by atoms with van der Waals surface area (Å²) in [5, 5.41) is 2.65. The molecule has 7 heteroatoms. The Balaban J connectivity index is 3.44. The standard InChI is InChI=1S/C7H15BrN2O3S/c1-6(8)7(11)9-4-3-5-10-14(2,12)13/h6,10H,3-5H2,1-2H3,(H,9,11). The monoisotopic (exact) mass is 286 g/mol. The van der Waals surface area contributed by atoms with Gasteiger partial charge < -0.3 is 5.32 Å². The molecule has 0 bridgehead atoms. The molecule has 0 heterocycles. The van der Waals surface area contributed by atoms with Gasteiger partial charge >= 0.3 is 0 Å². The van der Waals surface area contributed by atoms with Gasteiger partial charge in [-0.25, -0.2) is 13.1 Å². The number of carbonyl (C=O) groups excluding carboxylic acids is 1. The highest BCUT2D eigenvalue weighted by molar-refractivity contribution is 9.10. The third kappa shape index (κ3) is 8.46. The van der Waals surface area contributed by atoms with E-state index in [0.29, 0.717) is 19.5 Å². The molecule has 0 aromatic carbocycles. The zero-order chi connectivity index (χ0) is 11.2. The van der Waals surface area contributed by atoms with Gasteiger partial charge in [-0.2, -0.15) is 0 Å². The van der Waals surface area contributed by atoms with Gasteiger partial charge in [-0.05, 0) is 13.3 Å². The summed E-state index contributed by atoms with van der Waals surface area (Å²) in [6.45, 7) is 2.54. The molecule has 0 fully saturated rings. The summed E-state index contributed by atoms with van der Waals surface area (Å²) < 4.78 is 23.6. The van der Waals surface area contributed by atoms with E-state index in [9.17, 15) is 13.2 Å². The maximum Gasteiger partial charge on any atom is 0.233 e. The van der Waals surface area contributed by atoms with Crippen LogP contribution in [0.1, 0.15) is 13.3 Å². The molecule has 0 aliphatic rings. The third-order valence-corrected chi connectivity index (χ3v) is 2.52. The van der Waals surface area contributed by atoms with Crippen LogP contribution in [0, 0.1) is 0 Å². The van der Waals surface area contributed by atoms with Crippen molar-refractivity contribution in [3.63, 3.8) is 0 Å². The fourth-order valence-electron chi connectivity index (χ4n) is 0.698. The second-order valence-electron chi connectivity index (χ2n) is 2.93. The fraction of sp³-hybridized carbons (Fsp3) is 0.857. The second-order valence-corrected chi connectivity index (χ2v) is 6.13. The Labute approximate surface area is 92.8 Å². The minimum absolute atomic E-state index is 0.0932. The number of halogens is 1. The summed E-state index contributed by atoms with van der Waals surface area (Å²) in [4.78, 5) is 10.8. The molecule has 0 rings (SSSR count). The van der Waals surface area contributed by atoms with E-state index in [1.54, 1.807) is 6.92 Å². The predicted molar refractivity (Wildman–Crippen MR) is 58.9 cm³/mol. The van der Waals surface area contributed by atoms with E-state index in [4.69, 9.17) is 0 Å². The molecule has 0 aliphatic carbocycles. The molecule has 0 saturated heterocycles. The van der Waals surface area contributed by atoms with Crippen LogP contribution >= 0.6 is 15.9 Å².